The smallest absolute Gasteiger partial charge is 0.255 e. The highest BCUT2D eigenvalue weighted by molar-refractivity contribution is 7.22. The first-order chi connectivity index (χ1) is 15.2. The molecule has 1 aliphatic rings. The third kappa shape index (κ3) is 2.95. The van der Waals surface area contributed by atoms with E-state index >= 15 is 0 Å². The predicted octanol–water partition coefficient (Wildman–Crippen LogP) is 5.64. The van der Waals surface area contributed by atoms with Crippen molar-refractivity contribution in [1.82, 2.24) is 9.55 Å². The summed E-state index contributed by atoms with van der Waals surface area (Å²) in [6.07, 6.45) is 3.62. The molecular weight excluding hydrogens is 404 g/mol. The number of carbonyl (C=O) groups is 1. The lowest BCUT2D eigenvalue weighted by Gasteiger charge is -2.11. The van der Waals surface area contributed by atoms with Crippen LogP contribution in [0, 0.1) is 0 Å². The summed E-state index contributed by atoms with van der Waals surface area (Å²) in [4.78, 5) is 23.3. The number of amides is 1. The SMILES string of the molecule is Cn1cnc2c(NC(=O)c3cc4c(c(-c5cc6ccccc6s5)c3)CN=C4)cccc21. The fraction of sp³-hybridized carbons (Fsp3) is 0.0800. The summed E-state index contributed by atoms with van der Waals surface area (Å²) < 4.78 is 3.18. The number of carbonyl (C=O) groups excluding carboxylic acids is 1. The summed E-state index contributed by atoms with van der Waals surface area (Å²) in [6, 6.07) is 20.3. The predicted molar refractivity (Wildman–Crippen MR) is 127 cm³/mol. The number of aryl methyl sites for hydroxylation is 1. The van der Waals surface area contributed by atoms with E-state index in [0.717, 1.165) is 27.0 Å². The van der Waals surface area contributed by atoms with Crippen molar-refractivity contribution in [3.63, 3.8) is 0 Å². The number of aromatic nitrogens is 2. The van der Waals surface area contributed by atoms with Crippen molar-refractivity contribution in [3.05, 3.63) is 83.7 Å². The largest absolute Gasteiger partial charge is 0.334 e. The molecule has 0 atom stereocenters. The number of aliphatic imine (C=N–C) groups is 1. The van der Waals surface area contributed by atoms with E-state index in [9.17, 15) is 4.79 Å². The molecule has 1 aliphatic heterocycles. The molecule has 2 aromatic heterocycles. The molecule has 6 heteroatoms. The maximum atomic E-state index is 13.2. The summed E-state index contributed by atoms with van der Waals surface area (Å²) >= 11 is 1.75. The van der Waals surface area contributed by atoms with Crippen molar-refractivity contribution in [1.29, 1.82) is 0 Å². The summed E-state index contributed by atoms with van der Waals surface area (Å²) in [5.41, 5.74) is 6.35. The standard InChI is InChI=1S/C25H18N4OS/c1-29-14-27-24-20(6-4-7-21(24)29)28-25(30)16-9-17-12-26-13-19(17)18(10-16)23-11-15-5-2-3-8-22(15)31-23/h2-12,14H,13H2,1H3,(H,28,30). The Morgan fingerprint density at radius 2 is 2.00 bits per heavy atom. The number of fused-ring (bicyclic) bond motifs is 3. The normalized spacial score (nSPS) is 12.5. The average Bonchev–Trinajstić information content (AvgIpc) is 3.51. The Morgan fingerprint density at radius 1 is 1.10 bits per heavy atom. The van der Waals surface area contributed by atoms with E-state index < -0.39 is 0 Å². The molecule has 0 radical (unpaired) electrons. The van der Waals surface area contributed by atoms with Crippen LogP contribution in [-0.4, -0.2) is 21.7 Å². The maximum absolute atomic E-state index is 13.2. The van der Waals surface area contributed by atoms with Crippen molar-refractivity contribution in [2.24, 2.45) is 12.0 Å². The van der Waals surface area contributed by atoms with Gasteiger partial charge in [-0.05, 0) is 58.5 Å². The number of para-hydroxylation sites is 1. The molecule has 3 heterocycles. The molecular formula is C25H18N4OS. The molecule has 0 bridgehead atoms. The monoisotopic (exact) mass is 422 g/mol. The fourth-order valence-electron chi connectivity index (χ4n) is 4.14. The first kappa shape index (κ1) is 18.0. The van der Waals surface area contributed by atoms with Crippen LogP contribution in [0.4, 0.5) is 5.69 Å². The first-order valence-electron chi connectivity index (χ1n) is 10.0. The first-order valence-corrected chi connectivity index (χ1v) is 10.9. The second kappa shape index (κ2) is 6.89. The highest BCUT2D eigenvalue weighted by Gasteiger charge is 2.20. The van der Waals surface area contributed by atoms with Gasteiger partial charge in [-0.3, -0.25) is 9.79 Å². The number of rotatable bonds is 3. The topological polar surface area (TPSA) is 59.3 Å². The van der Waals surface area contributed by atoms with Crippen LogP contribution < -0.4 is 5.32 Å². The van der Waals surface area contributed by atoms with Gasteiger partial charge in [0.1, 0.15) is 5.52 Å². The van der Waals surface area contributed by atoms with Gasteiger partial charge in [0, 0.05) is 28.4 Å². The summed E-state index contributed by atoms with van der Waals surface area (Å²) in [6.45, 7) is 0.647. The average molecular weight is 423 g/mol. The van der Waals surface area contributed by atoms with E-state index in [1.807, 2.05) is 48.2 Å². The van der Waals surface area contributed by atoms with Crippen LogP contribution in [0.1, 0.15) is 21.5 Å². The van der Waals surface area contributed by atoms with Crippen molar-refractivity contribution in [3.8, 4) is 10.4 Å². The molecule has 0 aliphatic carbocycles. The Hall–Kier alpha value is -3.77. The maximum Gasteiger partial charge on any atom is 0.255 e. The van der Waals surface area contributed by atoms with Gasteiger partial charge in [-0.1, -0.05) is 24.3 Å². The molecule has 0 spiro atoms. The minimum atomic E-state index is -0.149. The van der Waals surface area contributed by atoms with E-state index in [0.29, 0.717) is 17.8 Å². The highest BCUT2D eigenvalue weighted by Crippen LogP contribution is 2.38. The zero-order valence-electron chi connectivity index (χ0n) is 16.8. The van der Waals surface area contributed by atoms with Gasteiger partial charge in [-0.2, -0.15) is 0 Å². The lowest BCUT2D eigenvalue weighted by molar-refractivity contribution is 0.102. The van der Waals surface area contributed by atoms with Gasteiger partial charge in [0.2, 0.25) is 0 Å². The molecule has 3 aromatic carbocycles. The van der Waals surface area contributed by atoms with E-state index in [4.69, 9.17) is 0 Å². The molecule has 150 valence electrons. The summed E-state index contributed by atoms with van der Waals surface area (Å²) in [7, 11) is 1.94. The second-order valence-electron chi connectivity index (χ2n) is 7.69. The molecule has 0 saturated carbocycles. The lowest BCUT2D eigenvalue weighted by Crippen LogP contribution is -2.13. The quantitative estimate of drug-likeness (QED) is 0.409. The molecule has 5 aromatic rings. The minimum absolute atomic E-state index is 0.149. The Bertz CT molecular complexity index is 1490. The highest BCUT2D eigenvalue weighted by atomic mass is 32.1. The molecule has 0 saturated heterocycles. The minimum Gasteiger partial charge on any atom is -0.334 e. The van der Waals surface area contributed by atoms with Crippen molar-refractivity contribution in [2.75, 3.05) is 5.32 Å². The summed E-state index contributed by atoms with van der Waals surface area (Å²) in [5.74, 6) is -0.149. The van der Waals surface area contributed by atoms with E-state index in [2.05, 4.69) is 45.6 Å². The van der Waals surface area contributed by atoms with Crippen LogP contribution in [0.3, 0.4) is 0 Å². The fourth-order valence-corrected chi connectivity index (χ4v) is 5.25. The van der Waals surface area contributed by atoms with Crippen LogP contribution in [0.5, 0.6) is 0 Å². The number of nitrogens with zero attached hydrogens (tertiary/aromatic N) is 3. The number of anilines is 1. The van der Waals surface area contributed by atoms with Gasteiger partial charge in [-0.25, -0.2) is 4.98 Å². The van der Waals surface area contributed by atoms with Gasteiger partial charge in [0.15, 0.2) is 0 Å². The van der Waals surface area contributed by atoms with Crippen LogP contribution in [0.2, 0.25) is 0 Å². The van der Waals surface area contributed by atoms with E-state index in [1.54, 1.807) is 17.7 Å². The number of thiophene rings is 1. The van der Waals surface area contributed by atoms with Crippen molar-refractivity contribution < 1.29 is 4.79 Å². The van der Waals surface area contributed by atoms with E-state index in [-0.39, 0.29) is 5.91 Å². The van der Waals surface area contributed by atoms with Crippen LogP contribution >= 0.6 is 11.3 Å². The third-order valence-electron chi connectivity index (χ3n) is 5.72. The van der Waals surface area contributed by atoms with Crippen LogP contribution in [0.15, 0.2) is 72.0 Å². The number of benzene rings is 3. The molecule has 0 fully saturated rings. The molecule has 1 amide bonds. The Morgan fingerprint density at radius 3 is 2.90 bits per heavy atom. The van der Waals surface area contributed by atoms with Crippen LogP contribution in [-0.2, 0) is 13.6 Å². The number of nitrogens with one attached hydrogen (secondary N) is 1. The van der Waals surface area contributed by atoms with Crippen LogP contribution in [0.25, 0.3) is 31.6 Å². The van der Waals surface area contributed by atoms with Gasteiger partial charge >= 0.3 is 0 Å². The summed E-state index contributed by atoms with van der Waals surface area (Å²) in [5, 5.41) is 4.27. The number of hydrogen-bond donors (Lipinski definition) is 1. The van der Waals surface area contributed by atoms with Crippen molar-refractivity contribution >= 4 is 50.3 Å². The van der Waals surface area contributed by atoms with Gasteiger partial charge < -0.3 is 9.88 Å². The molecule has 1 N–H and O–H groups in total. The zero-order valence-corrected chi connectivity index (χ0v) is 17.6. The lowest BCUT2D eigenvalue weighted by atomic mass is 9.97. The molecule has 6 rings (SSSR count). The molecule has 31 heavy (non-hydrogen) atoms. The van der Waals surface area contributed by atoms with Gasteiger partial charge in [0.05, 0.1) is 24.1 Å². The Balaban J connectivity index is 1.43. The Labute approximate surface area is 182 Å². The third-order valence-corrected chi connectivity index (χ3v) is 6.87. The van der Waals surface area contributed by atoms with E-state index in [1.165, 1.54) is 15.6 Å². The second-order valence-corrected chi connectivity index (χ2v) is 8.78. The zero-order chi connectivity index (χ0) is 20.9. The van der Waals surface area contributed by atoms with Gasteiger partial charge in [-0.15, -0.1) is 11.3 Å². The Kier molecular flexibility index (Phi) is 4.01. The van der Waals surface area contributed by atoms with Crippen molar-refractivity contribution in [2.45, 2.75) is 6.54 Å². The molecule has 0 unspecified atom stereocenters. The molecule has 5 nitrogen and oxygen atoms in total. The number of imidazole rings is 1. The van der Waals surface area contributed by atoms with Gasteiger partial charge in [0.25, 0.3) is 5.91 Å². The number of hydrogen-bond acceptors (Lipinski definition) is 4.